The van der Waals surface area contributed by atoms with Crippen LogP contribution in [0, 0.1) is 0 Å². The number of aromatic nitrogens is 3. The molecule has 0 spiro atoms. The molecular formula is C13H14Cl2N4. The second-order valence-electron chi connectivity index (χ2n) is 5.25. The van der Waals surface area contributed by atoms with Gasteiger partial charge in [0.25, 0.3) is 0 Å². The van der Waals surface area contributed by atoms with Crippen molar-refractivity contribution in [1.29, 1.82) is 0 Å². The fourth-order valence-electron chi connectivity index (χ4n) is 1.54. The summed E-state index contributed by atoms with van der Waals surface area (Å²) in [6.45, 7) is 6.03. The Labute approximate surface area is 122 Å². The molecule has 0 radical (unpaired) electrons. The van der Waals surface area contributed by atoms with Crippen LogP contribution in [0.5, 0.6) is 0 Å². The van der Waals surface area contributed by atoms with Gasteiger partial charge >= 0.3 is 0 Å². The third kappa shape index (κ3) is 3.33. The van der Waals surface area contributed by atoms with Gasteiger partial charge < -0.3 is 5.73 Å². The van der Waals surface area contributed by atoms with Gasteiger partial charge in [-0.3, -0.25) is 0 Å². The van der Waals surface area contributed by atoms with Gasteiger partial charge in [0.1, 0.15) is 5.82 Å². The molecule has 0 unspecified atom stereocenters. The molecule has 1 aromatic heterocycles. The molecule has 1 aromatic carbocycles. The molecule has 2 rings (SSSR count). The lowest BCUT2D eigenvalue weighted by Gasteiger charge is -2.17. The Balaban J connectivity index is 2.59. The van der Waals surface area contributed by atoms with E-state index in [4.69, 9.17) is 28.9 Å². The number of rotatable bonds is 1. The predicted molar refractivity (Wildman–Crippen MR) is 78.4 cm³/mol. The minimum Gasteiger partial charge on any atom is -0.368 e. The standard InChI is InChI=1S/C13H14Cl2N4/c1-13(2,3)11-17-10(18-12(16)19-11)7-4-8(14)6-9(15)5-7/h4-6H,1-3H3,(H2,16,17,18,19). The summed E-state index contributed by atoms with van der Waals surface area (Å²) in [7, 11) is 0. The SMILES string of the molecule is CC(C)(C)c1nc(N)nc(-c2cc(Cl)cc(Cl)c2)n1. The molecule has 19 heavy (non-hydrogen) atoms. The van der Waals surface area contributed by atoms with E-state index in [-0.39, 0.29) is 11.4 Å². The molecule has 0 aliphatic rings. The molecule has 2 N–H and O–H groups in total. The first-order chi connectivity index (χ1) is 8.75. The summed E-state index contributed by atoms with van der Waals surface area (Å²) >= 11 is 12.0. The highest BCUT2D eigenvalue weighted by molar-refractivity contribution is 6.35. The molecule has 0 atom stereocenters. The molecule has 0 bridgehead atoms. The van der Waals surface area contributed by atoms with E-state index in [1.807, 2.05) is 20.8 Å². The lowest BCUT2D eigenvalue weighted by molar-refractivity contribution is 0.544. The second kappa shape index (κ2) is 4.94. The fourth-order valence-corrected chi connectivity index (χ4v) is 2.07. The van der Waals surface area contributed by atoms with Crippen LogP contribution < -0.4 is 5.73 Å². The van der Waals surface area contributed by atoms with Gasteiger partial charge in [0.05, 0.1) is 0 Å². The van der Waals surface area contributed by atoms with Crippen molar-refractivity contribution in [1.82, 2.24) is 15.0 Å². The van der Waals surface area contributed by atoms with Crippen molar-refractivity contribution < 1.29 is 0 Å². The Bertz CT molecular complexity index is 600. The first-order valence-electron chi connectivity index (χ1n) is 5.74. The molecule has 6 heteroatoms. The van der Waals surface area contributed by atoms with Crippen LogP contribution in [0.1, 0.15) is 26.6 Å². The zero-order valence-corrected chi connectivity index (χ0v) is 12.4. The highest BCUT2D eigenvalue weighted by atomic mass is 35.5. The zero-order chi connectivity index (χ0) is 14.2. The Morgan fingerprint density at radius 3 is 2.05 bits per heavy atom. The van der Waals surface area contributed by atoms with Crippen LogP contribution in [0.15, 0.2) is 18.2 Å². The molecule has 0 fully saturated rings. The molecule has 0 aliphatic heterocycles. The summed E-state index contributed by atoms with van der Waals surface area (Å²) in [5, 5.41) is 1.05. The van der Waals surface area contributed by atoms with Gasteiger partial charge in [-0.1, -0.05) is 44.0 Å². The van der Waals surface area contributed by atoms with Crippen molar-refractivity contribution in [2.45, 2.75) is 26.2 Å². The topological polar surface area (TPSA) is 64.7 Å². The lowest BCUT2D eigenvalue weighted by Crippen LogP contribution is -2.18. The molecule has 0 saturated heterocycles. The molecular weight excluding hydrogens is 283 g/mol. The Morgan fingerprint density at radius 1 is 0.947 bits per heavy atom. The molecule has 1 heterocycles. The van der Waals surface area contributed by atoms with Crippen LogP contribution in [0.3, 0.4) is 0 Å². The van der Waals surface area contributed by atoms with Gasteiger partial charge in [-0.25, -0.2) is 4.98 Å². The lowest BCUT2D eigenvalue weighted by atomic mass is 9.96. The maximum atomic E-state index is 5.98. The number of nitrogens with zero attached hydrogens (tertiary/aromatic N) is 3. The Morgan fingerprint density at radius 2 is 1.53 bits per heavy atom. The van der Waals surface area contributed by atoms with Gasteiger partial charge in [0.15, 0.2) is 5.82 Å². The van der Waals surface area contributed by atoms with Crippen LogP contribution in [-0.4, -0.2) is 15.0 Å². The molecule has 100 valence electrons. The second-order valence-corrected chi connectivity index (χ2v) is 6.12. The molecule has 2 aromatic rings. The normalized spacial score (nSPS) is 11.6. The third-order valence-corrected chi connectivity index (χ3v) is 2.88. The molecule has 4 nitrogen and oxygen atoms in total. The monoisotopic (exact) mass is 296 g/mol. The van der Waals surface area contributed by atoms with Gasteiger partial charge in [-0.15, -0.1) is 0 Å². The third-order valence-electron chi connectivity index (χ3n) is 2.44. The molecule has 0 saturated carbocycles. The number of benzene rings is 1. The quantitative estimate of drug-likeness (QED) is 0.871. The van der Waals surface area contributed by atoms with Crippen molar-refractivity contribution in [3.05, 3.63) is 34.1 Å². The van der Waals surface area contributed by atoms with Crippen molar-refractivity contribution >= 4 is 29.2 Å². The number of halogens is 2. The summed E-state index contributed by atoms with van der Waals surface area (Å²) in [6.07, 6.45) is 0. The van der Waals surface area contributed by atoms with Crippen LogP contribution >= 0.6 is 23.2 Å². The van der Waals surface area contributed by atoms with Crippen molar-refractivity contribution in [3.63, 3.8) is 0 Å². The van der Waals surface area contributed by atoms with Crippen LogP contribution in [-0.2, 0) is 5.41 Å². The Hall–Kier alpha value is -1.39. The number of hydrogen-bond donors (Lipinski definition) is 1. The van der Waals surface area contributed by atoms with E-state index in [9.17, 15) is 0 Å². The summed E-state index contributed by atoms with van der Waals surface area (Å²) in [6, 6.07) is 5.14. The predicted octanol–water partition coefficient (Wildman–Crippen LogP) is 3.73. The van der Waals surface area contributed by atoms with E-state index in [0.717, 1.165) is 5.56 Å². The van der Waals surface area contributed by atoms with E-state index in [2.05, 4.69) is 15.0 Å². The summed E-state index contributed by atoms with van der Waals surface area (Å²) < 4.78 is 0. The van der Waals surface area contributed by atoms with E-state index in [1.165, 1.54) is 0 Å². The minimum absolute atomic E-state index is 0.186. The summed E-state index contributed by atoms with van der Waals surface area (Å²) in [4.78, 5) is 12.7. The van der Waals surface area contributed by atoms with E-state index in [1.54, 1.807) is 18.2 Å². The minimum atomic E-state index is -0.214. The van der Waals surface area contributed by atoms with Gasteiger partial charge in [-0.2, -0.15) is 9.97 Å². The van der Waals surface area contributed by atoms with E-state index in [0.29, 0.717) is 21.7 Å². The largest absolute Gasteiger partial charge is 0.368 e. The van der Waals surface area contributed by atoms with Crippen molar-refractivity contribution in [3.8, 4) is 11.4 Å². The number of anilines is 1. The smallest absolute Gasteiger partial charge is 0.223 e. The summed E-state index contributed by atoms with van der Waals surface area (Å²) in [5.41, 5.74) is 6.25. The van der Waals surface area contributed by atoms with Crippen LogP contribution in [0.25, 0.3) is 11.4 Å². The first-order valence-corrected chi connectivity index (χ1v) is 6.50. The van der Waals surface area contributed by atoms with Gasteiger partial charge in [0.2, 0.25) is 5.95 Å². The Kier molecular flexibility index (Phi) is 3.65. The van der Waals surface area contributed by atoms with E-state index >= 15 is 0 Å². The zero-order valence-electron chi connectivity index (χ0n) is 10.9. The first kappa shape index (κ1) is 14.0. The van der Waals surface area contributed by atoms with Crippen LogP contribution in [0.2, 0.25) is 10.0 Å². The molecule has 0 amide bonds. The maximum absolute atomic E-state index is 5.98. The van der Waals surface area contributed by atoms with Crippen LogP contribution in [0.4, 0.5) is 5.95 Å². The van der Waals surface area contributed by atoms with Gasteiger partial charge in [0, 0.05) is 21.0 Å². The number of hydrogen-bond acceptors (Lipinski definition) is 4. The average molecular weight is 297 g/mol. The highest BCUT2D eigenvalue weighted by Gasteiger charge is 2.20. The number of nitrogen functional groups attached to an aromatic ring is 1. The van der Waals surface area contributed by atoms with E-state index < -0.39 is 0 Å². The summed E-state index contributed by atoms with van der Waals surface area (Å²) in [5.74, 6) is 1.29. The maximum Gasteiger partial charge on any atom is 0.223 e. The fraction of sp³-hybridized carbons (Fsp3) is 0.308. The van der Waals surface area contributed by atoms with Crippen molar-refractivity contribution in [2.24, 2.45) is 0 Å². The molecule has 0 aliphatic carbocycles. The average Bonchev–Trinajstić information content (AvgIpc) is 2.25. The highest BCUT2D eigenvalue weighted by Crippen LogP contribution is 2.27. The number of nitrogens with two attached hydrogens (primary N) is 1. The van der Waals surface area contributed by atoms with Crippen molar-refractivity contribution in [2.75, 3.05) is 5.73 Å². The van der Waals surface area contributed by atoms with Gasteiger partial charge in [-0.05, 0) is 18.2 Å².